The van der Waals surface area contributed by atoms with Crippen LogP contribution in [0.5, 0.6) is 11.5 Å². The second-order valence-corrected chi connectivity index (χ2v) is 7.63. The average Bonchev–Trinajstić information content (AvgIpc) is 2.67. The van der Waals surface area contributed by atoms with Crippen molar-refractivity contribution in [3.05, 3.63) is 86.6 Å². The summed E-state index contributed by atoms with van der Waals surface area (Å²) >= 11 is 9.40. The van der Waals surface area contributed by atoms with E-state index in [0.717, 1.165) is 21.3 Å². The summed E-state index contributed by atoms with van der Waals surface area (Å²) in [5.41, 5.74) is 4.00. The third kappa shape index (κ3) is 5.18. The van der Waals surface area contributed by atoms with Crippen molar-refractivity contribution >= 4 is 33.2 Å². The minimum Gasteiger partial charge on any atom is -0.493 e. The Hall–Kier alpha value is -2.24. The Morgan fingerprint density at radius 1 is 1.07 bits per heavy atom. The van der Waals surface area contributed by atoms with E-state index in [1.165, 1.54) is 11.6 Å². The van der Waals surface area contributed by atoms with Crippen LogP contribution in [0.25, 0.3) is 0 Å². The maximum Gasteiger partial charge on any atom is 0.175 e. The van der Waals surface area contributed by atoms with Crippen molar-refractivity contribution in [3.8, 4) is 11.5 Å². The number of halogens is 3. The van der Waals surface area contributed by atoms with Crippen LogP contribution in [0.15, 0.2) is 59.1 Å². The molecule has 0 amide bonds. The summed E-state index contributed by atoms with van der Waals surface area (Å²) < 4.78 is 25.6. The number of hydrogen-bond acceptors (Lipinski definition) is 3. The van der Waals surface area contributed by atoms with E-state index in [0.29, 0.717) is 24.7 Å². The van der Waals surface area contributed by atoms with Gasteiger partial charge in [0.2, 0.25) is 0 Å². The first-order valence-corrected chi connectivity index (χ1v) is 9.87. The van der Waals surface area contributed by atoms with Crippen LogP contribution < -0.4 is 14.8 Å². The quantitative estimate of drug-likeness (QED) is 0.419. The summed E-state index contributed by atoms with van der Waals surface area (Å²) in [7, 11) is 1.61. The molecule has 0 bridgehead atoms. The maximum atomic E-state index is 13.3. The van der Waals surface area contributed by atoms with Gasteiger partial charge < -0.3 is 14.8 Å². The topological polar surface area (TPSA) is 30.5 Å². The van der Waals surface area contributed by atoms with Crippen molar-refractivity contribution in [3.63, 3.8) is 0 Å². The third-order valence-corrected chi connectivity index (χ3v) is 5.05. The highest BCUT2D eigenvalue weighted by molar-refractivity contribution is 9.10. The smallest absolute Gasteiger partial charge is 0.175 e. The van der Waals surface area contributed by atoms with Crippen molar-refractivity contribution in [1.29, 1.82) is 0 Å². The number of benzene rings is 3. The van der Waals surface area contributed by atoms with Crippen molar-refractivity contribution in [1.82, 2.24) is 0 Å². The normalized spacial score (nSPS) is 10.6. The monoisotopic (exact) mass is 463 g/mol. The minimum atomic E-state index is -0.438. The Morgan fingerprint density at radius 2 is 1.89 bits per heavy atom. The Balaban J connectivity index is 1.72. The zero-order valence-corrected chi connectivity index (χ0v) is 17.9. The number of aryl methyl sites for hydroxylation is 1. The van der Waals surface area contributed by atoms with Gasteiger partial charge in [-0.3, -0.25) is 0 Å². The fourth-order valence-electron chi connectivity index (χ4n) is 2.78. The van der Waals surface area contributed by atoms with Gasteiger partial charge in [0.25, 0.3) is 0 Å². The van der Waals surface area contributed by atoms with Crippen LogP contribution in [0.1, 0.15) is 16.7 Å². The van der Waals surface area contributed by atoms with E-state index >= 15 is 0 Å². The molecule has 0 aromatic heterocycles. The Kier molecular flexibility index (Phi) is 6.81. The maximum absolute atomic E-state index is 13.3. The second-order valence-electron chi connectivity index (χ2n) is 6.37. The molecule has 0 aliphatic heterocycles. The minimum absolute atomic E-state index is 0.0867. The predicted octanol–water partition coefficient (Wildman–Crippen LogP) is 6.75. The van der Waals surface area contributed by atoms with Crippen molar-refractivity contribution in [2.24, 2.45) is 0 Å². The van der Waals surface area contributed by atoms with Gasteiger partial charge in [-0.05, 0) is 64.3 Å². The lowest BCUT2D eigenvalue weighted by Crippen LogP contribution is -2.03. The second kappa shape index (κ2) is 9.30. The van der Waals surface area contributed by atoms with Gasteiger partial charge in [0.05, 0.1) is 16.6 Å². The van der Waals surface area contributed by atoms with Gasteiger partial charge >= 0.3 is 0 Å². The van der Waals surface area contributed by atoms with Crippen molar-refractivity contribution in [2.45, 2.75) is 20.1 Å². The van der Waals surface area contributed by atoms with Crippen LogP contribution >= 0.6 is 27.5 Å². The molecule has 0 atom stereocenters. The Morgan fingerprint density at radius 3 is 2.61 bits per heavy atom. The number of anilines is 1. The molecule has 0 saturated carbocycles. The Labute approximate surface area is 177 Å². The highest BCUT2D eigenvalue weighted by Gasteiger charge is 2.12. The number of hydrogen-bond donors (Lipinski definition) is 1. The first kappa shape index (κ1) is 20.5. The number of ether oxygens (including phenoxy) is 2. The third-order valence-electron chi connectivity index (χ3n) is 4.17. The predicted molar refractivity (Wildman–Crippen MR) is 115 cm³/mol. The Bertz CT molecular complexity index is 981. The lowest BCUT2D eigenvalue weighted by molar-refractivity contribution is 0.282. The van der Waals surface area contributed by atoms with Gasteiger partial charge in [-0.25, -0.2) is 4.39 Å². The summed E-state index contributed by atoms with van der Waals surface area (Å²) in [6, 6.07) is 16.6. The van der Waals surface area contributed by atoms with E-state index in [1.807, 2.05) is 24.3 Å². The molecular formula is C22H20BrClFNO2. The van der Waals surface area contributed by atoms with Crippen LogP contribution in [-0.4, -0.2) is 7.11 Å². The standard InChI is InChI=1S/C22H20BrClFNO2/c1-14-4-3-5-15(8-14)13-28-22-18(23)9-16(10-21(22)27-2)12-26-17-6-7-20(25)19(24)11-17/h3-11,26H,12-13H2,1-2H3. The van der Waals surface area contributed by atoms with Gasteiger partial charge in [-0.15, -0.1) is 0 Å². The molecule has 0 saturated heterocycles. The summed E-state index contributed by atoms with van der Waals surface area (Å²) in [6.45, 7) is 3.02. The molecule has 3 nitrogen and oxygen atoms in total. The van der Waals surface area contributed by atoms with E-state index in [4.69, 9.17) is 21.1 Å². The molecule has 0 radical (unpaired) electrons. The molecule has 146 valence electrons. The van der Waals surface area contributed by atoms with E-state index in [1.54, 1.807) is 19.2 Å². The summed E-state index contributed by atoms with van der Waals surface area (Å²) in [6.07, 6.45) is 0. The van der Waals surface area contributed by atoms with Crippen LogP contribution in [0.3, 0.4) is 0 Å². The summed E-state index contributed by atoms with van der Waals surface area (Å²) in [5.74, 6) is 0.847. The van der Waals surface area contributed by atoms with Gasteiger partial charge in [-0.1, -0.05) is 41.4 Å². The zero-order valence-electron chi connectivity index (χ0n) is 15.6. The molecule has 0 unspecified atom stereocenters. The van der Waals surface area contributed by atoms with Crippen LogP contribution in [0, 0.1) is 12.7 Å². The molecule has 28 heavy (non-hydrogen) atoms. The number of nitrogens with one attached hydrogen (secondary N) is 1. The van der Waals surface area contributed by atoms with Gasteiger partial charge in [0, 0.05) is 12.2 Å². The van der Waals surface area contributed by atoms with Crippen LogP contribution in [0.4, 0.5) is 10.1 Å². The fraction of sp³-hybridized carbons (Fsp3) is 0.182. The summed E-state index contributed by atoms with van der Waals surface area (Å²) in [5, 5.41) is 3.31. The summed E-state index contributed by atoms with van der Waals surface area (Å²) in [4.78, 5) is 0. The zero-order chi connectivity index (χ0) is 20.1. The van der Waals surface area contributed by atoms with Gasteiger partial charge in [0.15, 0.2) is 11.5 Å². The lowest BCUT2D eigenvalue weighted by Gasteiger charge is -2.15. The molecule has 3 aromatic rings. The molecule has 3 aromatic carbocycles. The van der Waals surface area contributed by atoms with Gasteiger partial charge in [0.1, 0.15) is 12.4 Å². The van der Waals surface area contributed by atoms with E-state index in [9.17, 15) is 4.39 Å². The molecule has 6 heteroatoms. The van der Waals surface area contributed by atoms with E-state index in [2.05, 4.69) is 40.3 Å². The first-order valence-electron chi connectivity index (χ1n) is 8.70. The molecule has 0 fully saturated rings. The van der Waals surface area contributed by atoms with Crippen LogP contribution in [0.2, 0.25) is 5.02 Å². The molecular weight excluding hydrogens is 445 g/mol. The van der Waals surface area contributed by atoms with Crippen molar-refractivity contribution < 1.29 is 13.9 Å². The largest absolute Gasteiger partial charge is 0.493 e. The van der Waals surface area contributed by atoms with Gasteiger partial charge in [-0.2, -0.15) is 0 Å². The molecule has 0 aliphatic carbocycles. The number of rotatable bonds is 7. The highest BCUT2D eigenvalue weighted by Crippen LogP contribution is 2.37. The SMILES string of the molecule is COc1cc(CNc2ccc(F)c(Cl)c2)cc(Br)c1OCc1cccc(C)c1. The lowest BCUT2D eigenvalue weighted by atomic mass is 10.1. The molecule has 1 N–H and O–H groups in total. The fourth-order valence-corrected chi connectivity index (χ4v) is 3.57. The van der Waals surface area contributed by atoms with E-state index < -0.39 is 5.82 Å². The molecule has 0 heterocycles. The molecule has 0 spiro atoms. The average molecular weight is 465 g/mol. The first-order chi connectivity index (χ1) is 13.5. The molecule has 0 aliphatic rings. The highest BCUT2D eigenvalue weighted by atomic mass is 79.9. The number of methoxy groups -OCH3 is 1. The molecule has 3 rings (SSSR count). The van der Waals surface area contributed by atoms with Crippen molar-refractivity contribution in [2.75, 3.05) is 12.4 Å². The van der Waals surface area contributed by atoms with E-state index in [-0.39, 0.29) is 5.02 Å². The van der Waals surface area contributed by atoms with Crippen LogP contribution in [-0.2, 0) is 13.2 Å².